The Balaban J connectivity index is 2.23. The van der Waals surface area contributed by atoms with Crippen LogP contribution in [0.1, 0.15) is 44.8 Å². The average Bonchev–Trinajstić information content (AvgIpc) is 2.78. The van der Waals surface area contributed by atoms with Gasteiger partial charge in [-0.3, -0.25) is 0 Å². The lowest BCUT2D eigenvalue weighted by molar-refractivity contribution is 0.155. The molecule has 4 nitrogen and oxygen atoms in total. The van der Waals surface area contributed by atoms with E-state index < -0.39 is 0 Å². The summed E-state index contributed by atoms with van der Waals surface area (Å²) in [5.41, 5.74) is 7.29. The second-order valence-corrected chi connectivity index (χ2v) is 6.41. The smallest absolute Gasteiger partial charge is 0.0951 e. The number of piperidine rings is 1. The molecule has 3 unspecified atom stereocenters. The standard InChI is InChI=1S/C15H28N4/c1-11(2)13(7-16)15-8-17-10-19(15)14-5-6-18(4)9-12(14)3/h8,10-14H,5-7,9,16H2,1-4H3. The predicted molar refractivity (Wildman–Crippen MR) is 79.2 cm³/mol. The van der Waals surface area contributed by atoms with Gasteiger partial charge in [0.1, 0.15) is 0 Å². The van der Waals surface area contributed by atoms with Gasteiger partial charge in [-0.1, -0.05) is 20.8 Å². The third-order valence-corrected chi connectivity index (χ3v) is 4.55. The van der Waals surface area contributed by atoms with E-state index in [9.17, 15) is 0 Å². The summed E-state index contributed by atoms with van der Waals surface area (Å²) in [6, 6.07) is 0.571. The second-order valence-electron chi connectivity index (χ2n) is 6.41. The van der Waals surface area contributed by atoms with E-state index in [1.54, 1.807) is 0 Å². The number of nitrogens with two attached hydrogens (primary N) is 1. The molecule has 1 aromatic rings. The Hall–Kier alpha value is -0.870. The summed E-state index contributed by atoms with van der Waals surface area (Å²) < 4.78 is 2.40. The minimum Gasteiger partial charge on any atom is -0.331 e. The van der Waals surface area contributed by atoms with Crippen LogP contribution in [0.3, 0.4) is 0 Å². The molecule has 0 aromatic carbocycles. The van der Waals surface area contributed by atoms with Crippen LogP contribution < -0.4 is 5.73 Å². The van der Waals surface area contributed by atoms with E-state index in [1.165, 1.54) is 18.7 Å². The maximum Gasteiger partial charge on any atom is 0.0951 e. The number of hydrogen-bond acceptors (Lipinski definition) is 3. The Kier molecular flexibility index (Phi) is 4.63. The zero-order chi connectivity index (χ0) is 14.0. The van der Waals surface area contributed by atoms with E-state index in [0.717, 1.165) is 6.54 Å². The fourth-order valence-corrected chi connectivity index (χ4v) is 3.37. The minimum absolute atomic E-state index is 0.411. The molecule has 1 aromatic heterocycles. The van der Waals surface area contributed by atoms with Gasteiger partial charge >= 0.3 is 0 Å². The van der Waals surface area contributed by atoms with Gasteiger partial charge in [0, 0.05) is 36.9 Å². The van der Waals surface area contributed by atoms with E-state index in [0.29, 0.717) is 30.3 Å². The van der Waals surface area contributed by atoms with Crippen molar-refractivity contribution in [2.45, 2.75) is 39.2 Å². The van der Waals surface area contributed by atoms with E-state index in [-0.39, 0.29) is 0 Å². The lowest BCUT2D eigenvalue weighted by atomic mass is 9.90. The first-order valence-electron chi connectivity index (χ1n) is 7.45. The van der Waals surface area contributed by atoms with Gasteiger partial charge in [0.15, 0.2) is 0 Å². The van der Waals surface area contributed by atoms with Crippen LogP contribution in [0.4, 0.5) is 0 Å². The van der Waals surface area contributed by atoms with Crippen LogP contribution in [0, 0.1) is 11.8 Å². The van der Waals surface area contributed by atoms with Crippen molar-refractivity contribution in [3.8, 4) is 0 Å². The first-order chi connectivity index (χ1) is 9.04. The van der Waals surface area contributed by atoms with E-state index in [4.69, 9.17) is 5.73 Å². The molecule has 108 valence electrons. The summed E-state index contributed by atoms with van der Waals surface area (Å²) >= 11 is 0. The molecule has 1 aliphatic heterocycles. The summed E-state index contributed by atoms with van der Waals surface area (Å²) in [7, 11) is 2.21. The zero-order valence-corrected chi connectivity index (χ0v) is 12.7. The van der Waals surface area contributed by atoms with Crippen molar-refractivity contribution < 1.29 is 0 Å². The van der Waals surface area contributed by atoms with Gasteiger partial charge < -0.3 is 15.2 Å². The van der Waals surface area contributed by atoms with Gasteiger partial charge in [-0.15, -0.1) is 0 Å². The molecule has 2 rings (SSSR count). The highest BCUT2D eigenvalue weighted by molar-refractivity contribution is 5.10. The molecular formula is C15H28N4. The summed E-state index contributed by atoms with van der Waals surface area (Å²) in [5, 5.41) is 0. The predicted octanol–water partition coefficient (Wildman–Crippen LogP) is 2.09. The number of nitrogens with zero attached hydrogens (tertiary/aromatic N) is 3. The Labute approximate surface area is 117 Å². The normalized spacial score (nSPS) is 26.8. The van der Waals surface area contributed by atoms with Crippen LogP contribution >= 0.6 is 0 Å². The molecule has 2 heterocycles. The molecule has 1 saturated heterocycles. The Morgan fingerprint density at radius 2 is 2.21 bits per heavy atom. The summed E-state index contributed by atoms with van der Waals surface area (Å²) in [6.07, 6.45) is 5.23. The number of likely N-dealkylation sites (tertiary alicyclic amines) is 1. The van der Waals surface area contributed by atoms with Gasteiger partial charge in [0.05, 0.1) is 6.33 Å². The maximum absolute atomic E-state index is 5.97. The van der Waals surface area contributed by atoms with Crippen molar-refractivity contribution >= 4 is 0 Å². The molecule has 0 radical (unpaired) electrons. The van der Waals surface area contributed by atoms with Crippen molar-refractivity contribution in [3.63, 3.8) is 0 Å². The molecule has 19 heavy (non-hydrogen) atoms. The SMILES string of the molecule is CC(C)C(CN)c1cncn1C1CCN(C)CC1C. The third-order valence-electron chi connectivity index (χ3n) is 4.55. The van der Waals surface area contributed by atoms with Crippen molar-refractivity contribution in [2.75, 3.05) is 26.7 Å². The van der Waals surface area contributed by atoms with Gasteiger partial charge in [0.2, 0.25) is 0 Å². The Bertz CT molecular complexity index is 399. The first-order valence-corrected chi connectivity index (χ1v) is 7.45. The van der Waals surface area contributed by atoms with Crippen molar-refractivity contribution in [1.29, 1.82) is 0 Å². The number of hydrogen-bond donors (Lipinski definition) is 1. The first kappa shape index (κ1) is 14.5. The van der Waals surface area contributed by atoms with Gasteiger partial charge in [-0.25, -0.2) is 4.98 Å². The lowest BCUT2D eigenvalue weighted by Crippen LogP contribution is -2.38. The molecule has 0 saturated carbocycles. The summed E-state index contributed by atoms with van der Waals surface area (Å²) in [4.78, 5) is 6.81. The number of imidazole rings is 1. The number of rotatable bonds is 4. The monoisotopic (exact) mass is 264 g/mol. The quantitative estimate of drug-likeness (QED) is 0.906. The average molecular weight is 264 g/mol. The molecule has 1 aliphatic rings. The second kappa shape index (κ2) is 6.06. The highest BCUT2D eigenvalue weighted by Gasteiger charge is 2.29. The zero-order valence-electron chi connectivity index (χ0n) is 12.7. The van der Waals surface area contributed by atoms with Crippen molar-refractivity contribution in [3.05, 3.63) is 18.2 Å². The van der Waals surface area contributed by atoms with Crippen molar-refractivity contribution in [2.24, 2.45) is 17.6 Å². The van der Waals surface area contributed by atoms with Crippen molar-refractivity contribution in [1.82, 2.24) is 14.5 Å². The molecule has 2 N–H and O–H groups in total. The molecule has 0 amide bonds. The molecule has 4 heteroatoms. The maximum atomic E-state index is 5.97. The largest absolute Gasteiger partial charge is 0.331 e. The highest BCUT2D eigenvalue weighted by atomic mass is 15.2. The molecule has 3 atom stereocenters. The fraction of sp³-hybridized carbons (Fsp3) is 0.800. The van der Waals surface area contributed by atoms with Crippen LogP contribution in [0.2, 0.25) is 0 Å². The van der Waals surface area contributed by atoms with E-state index in [1.807, 2.05) is 12.5 Å². The Morgan fingerprint density at radius 3 is 2.79 bits per heavy atom. The summed E-state index contributed by atoms with van der Waals surface area (Å²) in [6.45, 7) is 9.86. The van der Waals surface area contributed by atoms with Crippen LogP contribution in [-0.4, -0.2) is 41.1 Å². The lowest BCUT2D eigenvalue weighted by Gasteiger charge is -2.37. The third kappa shape index (κ3) is 3.00. The van der Waals surface area contributed by atoms with Crippen LogP contribution in [0.15, 0.2) is 12.5 Å². The molecule has 1 fully saturated rings. The molecule has 0 aliphatic carbocycles. The van der Waals surface area contributed by atoms with Crippen LogP contribution in [0.25, 0.3) is 0 Å². The van der Waals surface area contributed by atoms with Gasteiger partial charge in [-0.2, -0.15) is 0 Å². The fourth-order valence-electron chi connectivity index (χ4n) is 3.37. The van der Waals surface area contributed by atoms with Crippen LogP contribution in [0.5, 0.6) is 0 Å². The molecular weight excluding hydrogens is 236 g/mol. The van der Waals surface area contributed by atoms with E-state index >= 15 is 0 Å². The minimum atomic E-state index is 0.411. The topological polar surface area (TPSA) is 47.1 Å². The Morgan fingerprint density at radius 1 is 1.47 bits per heavy atom. The van der Waals surface area contributed by atoms with Gasteiger partial charge in [-0.05, 0) is 31.8 Å². The molecule has 0 bridgehead atoms. The van der Waals surface area contributed by atoms with Gasteiger partial charge in [0.25, 0.3) is 0 Å². The van der Waals surface area contributed by atoms with E-state index in [2.05, 4.69) is 42.3 Å². The summed E-state index contributed by atoms with van der Waals surface area (Å²) in [5.74, 6) is 1.63. The molecule has 0 spiro atoms. The van der Waals surface area contributed by atoms with Crippen LogP contribution in [-0.2, 0) is 0 Å². The highest BCUT2D eigenvalue weighted by Crippen LogP contribution is 2.32. The number of aromatic nitrogens is 2.